The van der Waals surface area contributed by atoms with Gasteiger partial charge in [-0.05, 0) is 65.4 Å². The second kappa shape index (κ2) is 12.0. The van der Waals surface area contributed by atoms with E-state index in [-0.39, 0.29) is 22.6 Å². The first-order valence-electron chi connectivity index (χ1n) is 13.7. The molecule has 2 aliphatic rings. The zero-order valence-corrected chi connectivity index (χ0v) is 26.7. The maximum atomic E-state index is 13.6. The fourth-order valence-corrected chi connectivity index (χ4v) is 7.70. The van der Waals surface area contributed by atoms with Gasteiger partial charge in [0.25, 0.3) is 5.78 Å². The largest absolute Gasteiger partial charge is 0.507 e. The lowest BCUT2D eigenvalue weighted by Gasteiger charge is -2.23. The monoisotopic (exact) mass is 651 g/mol. The minimum Gasteiger partial charge on any atom is -0.507 e. The zero-order valence-electron chi connectivity index (χ0n) is 23.5. The molecule has 2 aliphatic heterocycles. The molecule has 0 spiro atoms. The molecule has 7 nitrogen and oxygen atoms in total. The molecular formula is C32H27Cl2N3O4S2. The van der Waals surface area contributed by atoms with E-state index in [2.05, 4.69) is 24.0 Å². The van der Waals surface area contributed by atoms with E-state index in [1.807, 2.05) is 43.3 Å². The lowest BCUT2D eigenvalue weighted by molar-refractivity contribution is -0.132. The molecule has 220 valence electrons. The number of anilines is 1. The van der Waals surface area contributed by atoms with E-state index in [0.717, 1.165) is 22.4 Å². The van der Waals surface area contributed by atoms with Gasteiger partial charge in [0.2, 0.25) is 5.13 Å². The number of aliphatic hydroxyl groups excluding tert-OH is 1. The number of rotatable bonds is 7. The second-order valence-corrected chi connectivity index (χ2v) is 13.8. The van der Waals surface area contributed by atoms with E-state index in [0.29, 0.717) is 43.6 Å². The van der Waals surface area contributed by atoms with Crippen LogP contribution >= 0.6 is 46.3 Å². The molecule has 0 saturated carbocycles. The van der Waals surface area contributed by atoms with Crippen LogP contribution < -0.4 is 9.64 Å². The number of halogens is 2. The van der Waals surface area contributed by atoms with Crippen LogP contribution in [-0.4, -0.2) is 33.1 Å². The Hall–Kier alpha value is -3.37. The summed E-state index contributed by atoms with van der Waals surface area (Å²) in [4.78, 5) is 28.6. The smallest absolute Gasteiger partial charge is 0.301 e. The predicted molar refractivity (Wildman–Crippen MR) is 171 cm³/mol. The van der Waals surface area contributed by atoms with Gasteiger partial charge in [-0.1, -0.05) is 90.5 Å². The number of aromatic nitrogens is 2. The van der Waals surface area contributed by atoms with Crippen molar-refractivity contribution in [1.29, 1.82) is 0 Å². The highest BCUT2D eigenvalue weighted by Gasteiger charge is 2.48. The van der Waals surface area contributed by atoms with Crippen LogP contribution in [0.4, 0.5) is 5.13 Å². The van der Waals surface area contributed by atoms with E-state index < -0.39 is 17.7 Å². The van der Waals surface area contributed by atoms with Crippen molar-refractivity contribution < 1.29 is 19.4 Å². The van der Waals surface area contributed by atoms with Crippen LogP contribution in [-0.2, 0) is 21.8 Å². The minimum atomic E-state index is -0.888. The van der Waals surface area contributed by atoms with Crippen molar-refractivity contribution in [3.63, 3.8) is 0 Å². The SMILES string of the molecule is CC(C)c1ccc([C@@H]2/C(=C(\O)c3ccc4c(c3)C[C@@H](C)O4)C(=O)C(=O)N2c2nnc(SCc3ccc(Cl)cc3Cl)s2)cc1. The third-order valence-corrected chi connectivity index (χ3v) is 10.2. The summed E-state index contributed by atoms with van der Waals surface area (Å²) in [7, 11) is 0. The van der Waals surface area contributed by atoms with Gasteiger partial charge in [-0.25, -0.2) is 0 Å². The maximum Gasteiger partial charge on any atom is 0.301 e. The van der Waals surface area contributed by atoms with Crippen LogP contribution in [0.2, 0.25) is 10.0 Å². The number of fused-ring (bicyclic) bond motifs is 1. The zero-order chi connectivity index (χ0) is 30.4. The number of carbonyl (C=O) groups is 2. The van der Waals surface area contributed by atoms with E-state index in [1.54, 1.807) is 24.3 Å². The van der Waals surface area contributed by atoms with E-state index in [4.69, 9.17) is 27.9 Å². The molecule has 1 saturated heterocycles. The van der Waals surface area contributed by atoms with Gasteiger partial charge >= 0.3 is 5.91 Å². The molecule has 0 aliphatic carbocycles. The van der Waals surface area contributed by atoms with Gasteiger partial charge in [0, 0.05) is 27.8 Å². The van der Waals surface area contributed by atoms with Crippen molar-refractivity contribution in [3.8, 4) is 5.75 Å². The summed E-state index contributed by atoms with van der Waals surface area (Å²) in [5.74, 6) is -0.219. The van der Waals surface area contributed by atoms with Crippen LogP contribution in [0, 0.1) is 0 Å². The number of hydrogen-bond acceptors (Lipinski definition) is 8. The lowest BCUT2D eigenvalue weighted by Crippen LogP contribution is -2.29. The molecule has 0 bridgehead atoms. The molecule has 2 atom stereocenters. The maximum absolute atomic E-state index is 13.6. The Morgan fingerprint density at radius 3 is 2.58 bits per heavy atom. The molecule has 1 aromatic heterocycles. The summed E-state index contributed by atoms with van der Waals surface area (Å²) < 4.78 is 6.41. The summed E-state index contributed by atoms with van der Waals surface area (Å²) in [5, 5.41) is 21.5. The van der Waals surface area contributed by atoms with E-state index in [9.17, 15) is 14.7 Å². The number of amides is 1. The van der Waals surface area contributed by atoms with Gasteiger partial charge in [0.1, 0.15) is 17.6 Å². The van der Waals surface area contributed by atoms with Gasteiger partial charge in [0.15, 0.2) is 4.34 Å². The average molecular weight is 653 g/mol. The Morgan fingerprint density at radius 1 is 1.09 bits per heavy atom. The van der Waals surface area contributed by atoms with Crippen molar-refractivity contribution in [2.75, 3.05) is 4.90 Å². The first-order chi connectivity index (χ1) is 20.6. The number of benzene rings is 3. The van der Waals surface area contributed by atoms with Crippen molar-refractivity contribution in [3.05, 3.63) is 104 Å². The normalized spacial score (nSPS) is 19.3. The number of ether oxygens (including phenoxy) is 1. The number of aliphatic hydroxyl groups is 1. The molecular weight excluding hydrogens is 625 g/mol. The Labute approximate surface area is 267 Å². The number of Topliss-reactive ketones (excluding diaryl/α,β-unsaturated/α-hetero) is 1. The van der Waals surface area contributed by atoms with Crippen LogP contribution in [0.15, 0.2) is 70.6 Å². The Morgan fingerprint density at radius 2 is 1.86 bits per heavy atom. The number of carbonyl (C=O) groups excluding carboxylic acids is 2. The highest BCUT2D eigenvalue weighted by molar-refractivity contribution is 8.00. The first-order valence-corrected chi connectivity index (χ1v) is 16.3. The topological polar surface area (TPSA) is 92.6 Å². The summed E-state index contributed by atoms with van der Waals surface area (Å²) >= 11 is 15.0. The van der Waals surface area contributed by atoms with Crippen molar-refractivity contribution in [1.82, 2.24) is 10.2 Å². The molecule has 6 rings (SSSR count). The number of thioether (sulfide) groups is 1. The van der Waals surface area contributed by atoms with Gasteiger partial charge in [-0.3, -0.25) is 14.5 Å². The van der Waals surface area contributed by atoms with Crippen LogP contribution in [0.25, 0.3) is 5.76 Å². The lowest BCUT2D eigenvalue weighted by atomic mass is 9.93. The standard InChI is InChI=1S/C32H27Cl2N3O4S2/c1-16(2)18-4-6-19(7-5-18)27-26(28(38)20-9-11-25-22(13-20)12-17(3)41-25)29(39)30(40)37(27)31-35-36-32(43-31)42-15-21-8-10-23(33)14-24(21)34/h4-11,13-14,16-17,27,38H,12,15H2,1-3H3/b28-26+/t17-,27-/m1/s1. The molecule has 1 amide bonds. The molecule has 1 N–H and O–H groups in total. The molecule has 43 heavy (non-hydrogen) atoms. The van der Waals surface area contributed by atoms with Gasteiger partial charge in [-0.15, -0.1) is 10.2 Å². The summed E-state index contributed by atoms with van der Waals surface area (Å²) in [6.45, 7) is 6.17. The Balaban J connectivity index is 1.38. The predicted octanol–water partition coefficient (Wildman–Crippen LogP) is 8.21. The molecule has 0 radical (unpaired) electrons. The van der Waals surface area contributed by atoms with E-state index >= 15 is 0 Å². The third kappa shape index (κ3) is 5.79. The molecule has 3 aromatic carbocycles. The highest BCUT2D eigenvalue weighted by atomic mass is 35.5. The van der Waals surface area contributed by atoms with Crippen LogP contribution in [0.3, 0.4) is 0 Å². The van der Waals surface area contributed by atoms with Crippen molar-refractivity contribution >= 4 is 68.9 Å². The third-order valence-electron chi connectivity index (χ3n) is 7.50. The van der Waals surface area contributed by atoms with Gasteiger partial charge in [-0.2, -0.15) is 0 Å². The quantitative estimate of drug-likeness (QED) is 0.0707. The summed E-state index contributed by atoms with van der Waals surface area (Å²) in [6.07, 6.45) is 0.717. The van der Waals surface area contributed by atoms with Crippen molar-refractivity contribution in [2.45, 2.75) is 55.3 Å². The molecule has 11 heteroatoms. The fourth-order valence-electron chi connectivity index (χ4n) is 5.27. The average Bonchev–Trinajstić information content (AvgIpc) is 3.67. The minimum absolute atomic E-state index is 0.00607. The number of nitrogens with zero attached hydrogens (tertiary/aromatic N) is 3. The molecule has 1 fully saturated rings. The van der Waals surface area contributed by atoms with E-state index in [1.165, 1.54) is 28.0 Å². The second-order valence-electron chi connectivity index (χ2n) is 10.8. The summed E-state index contributed by atoms with van der Waals surface area (Å²) in [5.41, 5.74) is 4.07. The Kier molecular flexibility index (Phi) is 8.26. The highest BCUT2D eigenvalue weighted by Crippen LogP contribution is 2.45. The van der Waals surface area contributed by atoms with Crippen molar-refractivity contribution in [2.24, 2.45) is 0 Å². The first kappa shape index (κ1) is 29.7. The van der Waals surface area contributed by atoms with Crippen LogP contribution in [0.5, 0.6) is 5.75 Å². The number of ketones is 1. The summed E-state index contributed by atoms with van der Waals surface area (Å²) in [6, 6.07) is 17.5. The Bertz CT molecular complexity index is 1770. The molecule has 4 aromatic rings. The molecule has 0 unspecified atom stereocenters. The molecule has 3 heterocycles. The fraction of sp³-hybridized carbons (Fsp3) is 0.250. The van der Waals surface area contributed by atoms with Gasteiger partial charge < -0.3 is 9.84 Å². The van der Waals surface area contributed by atoms with Crippen LogP contribution in [0.1, 0.15) is 60.5 Å². The number of hydrogen-bond donors (Lipinski definition) is 1. The van der Waals surface area contributed by atoms with Gasteiger partial charge in [0.05, 0.1) is 11.6 Å².